The Balaban J connectivity index is 3.54. The van der Waals surface area contributed by atoms with Crippen molar-refractivity contribution in [3.8, 4) is 0 Å². The molecule has 0 aromatic rings. The largest absolute Gasteiger partial charge is 0.109 e. The van der Waals surface area contributed by atoms with Crippen LogP contribution in [-0.4, -0.2) is 12.5 Å². The van der Waals surface area contributed by atoms with Gasteiger partial charge in [-0.15, -0.1) is 23.2 Å². The lowest BCUT2D eigenvalue weighted by Gasteiger charge is -2.15. The van der Waals surface area contributed by atoms with Crippen molar-refractivity contribution in [3.63, 3.8) is 0 Å². The molecule has 0 fully saturated rings. The van der Waals surface area contributed by atoms with Gasteiger partial charge in [-0.3, -0.25) is 0 Å². The van der Waals surface area contributed by atoms with E-state index in [1.165, 1.54) is 0 Å². The van der Waals surface area contributed by atoms with E-state index >= 15 is 0 Å². The SMILES string of the molecule is C[Si](C)(C)C(Cl)Cl. The fraction of sp³-hybridized carbons (Fsp3) is 1.00. The average molecular weight is 157 g/mol. The molecule has 0 nitrogen and oxygen atoms in total. The summed E-state index contributed by atoms with van der Waals surface area (Å²) in [6.45, 7) is 6.41. The van der Waals surface area contributed by atoms with Crippen LogP contribution in [0.1, 0.15) is 0 Å². The van der Waals surface area contributed by atoms with Gasteiger partial charge in [-0.25, -0.2) is 0 Å². The molecule has 0 aliphatic heterocycles. The van der Waals surface area contributed by atoms with Crippen molar-refractivity contribution in [3.05, 3.63) is 0 Å². The summed E-state index contributed by atoms with van der Waals surface area (Å²) in [4.78, 5) is 0. The van der Waals surface area contributed by atoms with Gasteiger partial charge in [0.15, 0.2) is 0 Å². The highest BCUT2D eigenvalue weighted by Gasteiger charge is 2.21. The van der Waals surface area contributed by atoms with Gasteiger partial charge in [0.25, 0.3) is 0 Å². The van der Waals surface area contributed by atoms with Crippen LogP contribution in [-0.2, 0) is 0 Å². The maximum absolute atomic E-state index is 5.58. The zero-order chi connectivity index (χ0) is 6.08. The molecule has 0 unspecified atom stereocenters. The average Bonchev–Trinajstić information content (AvgIpc) is 1.31. The fourth-order valence-corrected chi connectivity index (χ4v) is 0. The molecular formula is C4H10Cl2Si. The highest BCUT2D eigenvalue weighted by atomic mass is 35.5. The third-order valence-electron chi connectivity index (χ3n) is 0.655. The Kier molecular flexibility index (Phi) is 2.65. The van der Waals surface area contributed by atoms with E-state index in [1.807, 2.05) is 0 Å². The van der Waals surface area contributed by atoms with E-state index in [0.29, 0.717) is 0 Å². The first kappa shape index (κ1) is 7.80. The fourth-order valence-electron chi connectivity index (χ4n) is 0. The summed E-state index contributed by atoms with van der Waals surface area (Å²) in [5, 5.41) is 0. The Hall–Kier alpha value is 0.797. The van der Waals surface area contributed by atoms with Crippen LogP contribution in [0.2, 0.25) is 19.6 Å². The maximum Gasteiger partial charge on any atom is 0.0969 e. The van der Waals surface area contributed by atoms with Gasteiger partial charge < -0.3 is 0 Å². The van der Waals surface area contributed by atoms with Crippen molar-refractivity contribution < 1.29 is 0 Å². The number of rotatable bonds is 1. The summed E-state index contributed by atoms with van der Waals surface area (Å²) in [6, 6.07) is 0. The third-order valence-corrected chi connectivity index (χ3v) is 5.89. The van der Waals surface area contributed by atoms with Gasteiger partial charge in [-0.1, -0.05) is 19.6 Å². The van der Waals surface area contributed by atoms with Crippen molar-refractivity contribution in [2.75, 3.05) is 0 Å². The van der Waals surface area contributed by atoms with E-state index in [-0.39, 0.29) is 4.46 Å². The van der Waals surface area contributed by atoms with Gasteiger partial charge in [-0.05, 0) is 0 Å². The molecule has 0 aliphatic carbocycles. The van der Waals surface area contributed by atoms with E-state index in [0.717, 1.165) is 0 Å². The normalized spacial score (nSPS) is 12.9. The highest BCUT2D eigenvalue weighted by molar-refractivity contribution is 6.91. The van der Waals surface area contributed by atoms with Crippen LogP contribution in [0.15, 0.2) is 0 Å². The first-order chi connectivity index (χ1) is 2.94. The second-order valence-electron chi connectivity index (χ2n) is 2.67. The van der Waals surface area contributed by atoms with E-state index in [2.05, 4.69) is 19.6 Å². The summed E-state index contributed by atoms with van der Waals surface area (Å²) in [5.74, 6) is 0. The van der Waals surface area contributed by atoms with Crippen molar-refractivity contribution in [2.24, 2.45) is 0 Å². The molecule has 0 saturated heterocycles. The lowest BCUT2D eigenvalue weighted by molar-refractivity contribution is 1.58. The van der Waals surface area contributed by atoms with Crippen molar-refractivity contribution in [1.29, 1.82) is 0 Å². The molecule has 0 amide bonds. The van der Waals surface area contributed by atoms with Crippen LogP contribution < -0.4 is 0 Å². The first-order valence-corrected chi connectivity index (χ1v) is 6.68. The lowest BCUT2D eigenvalue weighted by Crippen LogP contribution is -2.29. The predicted molar refractivity (Wildman–Crippen MR) is 38.8 cm³/mol. The van der Waals surface area contributed by atoms with E-state index in [1.54, 1.807) is 0 Å². The molecular weight excluding hydrogens is 147 g/mol. The zero-order valence-corrected chi connectivity index (χ0v) is 7.35. The Morgan fingerprint density at radius 2 is 1.29 bits per heavy atom. The molecule has 0 N–H and O–H groups in total. The van der Waals surface area contributed by atoms with Crippen LogP contribution in [0.4, 0.5) is 0 Å². The summed E-state index contributed by atoms with van der Waals surface area (Å²) < 4.78 is -0.118. The number of hydrogen-bond donors (Lipinski definition) is 0. The van der Waals surface area contributed by atoms with E-state index in [4.69, 9.17) is 23.2 Å². The standard InChI is InChI=1S/C4H10Cl2Si/c1-7(2,3)4(5)6/h4H,1-3H3. The minimum Gasteiger partial charge on any atom is -0.109 e. The molecule has 0 atom stereocenters. The molecule has 0 aliphatic rings. The molecule has 0 rings (SSSR count). The predicted octanol–water partition coefficient (Wildman–Crippen LogP) is 2.67. The van der Waals surface area contributed by atoms with Crippen LogP contribution >= 0.6 is 23.2 Å². The van der Waals surface area contributed by atoms with Crippen molar-refractivity contribution in [1.82, 2.24) is 0 Å². The third kappa shape index (κ3) is 3.39. The Morgan fingerprint density at radius 1 is 1.14 bits per heavy atom. The van der Waals surface area contributed by atoms with Crippen LogP contribution in [0, 0.1) is 0 Å². The van der Waals surface area contributed by atoms with Crippen molar-refractivity contribution >= 4 is 31.3 Å². The smallest absolute Gasteiger partial charge is 0.0969 e. The molecule has 7 heavy (non-hydrogen) atoms. The molecule has 0 aromatic heterocycles. The van der Waals surface area contributed by atoms with Gasteiger partial charge in [-0.2, -0.15) is 0 Å². The van der Waals surface area contributed by atoms with Crippen molar-refractivity contribution in [2.45, 2.75) is 24.1 Å². The molecule has 0 radical (unpaired) electrons. The zero-order valence-electron chi connectivity index (χ0n) is 4.83. The van der Waals surface area contributed by atoms with E-state index < -0.39 is 8.07 Å². The number of hydrogen-bond acceptors (Lipinski definition) is 0. The second kappa shape index (κ2) is 2.38. The van der Waals surface area contributed by atoms with Crippen LogP contribution in [0.5, 0.6) is 0 Å². The number of halogens is 2. The quantitative estimate of drug-likeness (QED) is 0.405. The monoisotopic (exact) mass is 156 g/mol. The minimum absolute atomic E-state index is 0.118. The van der Waals surface area contributed by atoms with Gasteiger partial charge >= 0.3 is 0 Å². The van der Waals surface area contributed by atoms with Gasteiger partial charge in [0.2, 0.25) is 0 Å². The summed E-state index contributed by atoms with van der Waals surface area (Å²) in [7, 11) is -1.20. The summed E-state index contributed by atoms with van der Waals surface area (Å²) in [6.07, 6.45) is 0. The first-order valence-electron chi connectivity index (χ1n) is 2.23. The molecule has 0 spiro atoms. The molecule has 44 valence electrons. The van der Waals surface area contributed by atoms with Gasteiger partial charge in [0.05, 0.1) is 12.5 Å². The highest BCUT2D eigenvalue weighted by Crippen LogP contribution is 2.16. The topological polar surface area (TPSA) is 0 Å². The summed E-state index contributed by atoms with van der Waals surface area (Å²) >= 11 is 11.2. The lowest BCUT2D eigenvalue weighted by atomic mass is 11.7. The maximum atomic E-state index is 5.58. The Labute approximate surface area is 55.8 Å². The Morgan fingerprint density at radius 3 is 1.29 bits per heavy atom. The molecule has 3 heteroatoms. The second-order valence-corrected chi connectivity index (χ2v) is 9.80. The summed E-state index contributed by atoms with van der Waals surface area (Å²) in [5.41, 5.74) is 0. The number of alkyl halides is 2. The molecule has 0 aromatic carbocycles. The molecule has 0 saturated carbocycles. The van der Waals surface area contributed by atoms with Crippen LogP contribution in [0.25, 0.3) is 0 Å². The molecule has 0 heterocycles. The Bertz CT molecular complexity index is 55.2. The molecule has 0 bridgehead atoms. The van der Waals surface area contributed by atoms with Gasteiger partial charge in [0.1, 0.15) is 0 Å². The van der Waals surface area contributed by atoms with Crippen LogP contribution in [0.3, 0.4) is 0 Å². The minimum atomic E-state index is -1.20. The van der Waals surface area contributed by atoms with E-state index in [9.17, 15) is 0 Å². The van der Waals surface area contributed by atoms with Gasteiger partial charge in [0, 0.05) is 0 Å².